The smallest absolute Gasteiger partial charge is 0.0892 e. The summed E-state index contributed by atoms with van der Waals surface area (Å²) >= 11 is 11.4. The van der Waals surface area contributed by atoms with Gasteiger partial charge < -0.3 is 0 Å². The molecule has 0 spiro atoms. The Morgan fingerprint density at radius 2 is 1.04 bits per heavy atom. The molecule has 0 aliphatic heterocycles. The molecule has 6 rings (SSSR count). The molecule has 0 N–H and O–H groups in total. The predicted octanol–water partition coefficient (Wildman–Crippen LogP) is 8.84. The summed E-state index contributed by atoms with van der Waals surface area (Å²) in [7, 11) is 0. The van der Waals surface area contributed by atoms with E-state index in [2.05, 4.69) is 47.2 Å². The quantitative estimate of drug-likeness (QED) is 0.264. The Labute approximate surface area is 161 Å². The third-order valence-electron chi connectivity index (χ3n) is 4.06. The maximum atomic E-state index is 2.34. The number of thiophene rings is 6. The van der Waals surface area contributed by atoms with Gasteiger partial charge in [0.05, 0.1) is 16.1 Å². The Bertz CT molecular complexity index is 1250. The maximum Gasteiger partial charge on any atom is 0.0892 e. The number of rotatable bonds is 2. The van der Waals surface area contributed by atoms with Gasteiger partial charge in [0, 0.05) is 31.3 Å². The van der Waals surface area contributed by atoms with Crippen molar-refractivity contribution < 1.29 is 0 Å². The minimum Gasteiger partial charge on any atom is -0.133 e. The van der Waals surface area contributed by atoms with Gasteiger partial charge >= 0.3 is 0 Å². The van der Waals surface area contributed by atoms with Crippen molar-refractivity contribution in [3.63, 3.8) is 0 Å². The van der Waals surface area contributed by atoms with E-state index in [0.29, 0.717) is 0 Å². The van der Waals surface area contributed by atoms with Crippen LogP contribution in [0.4, 0.5) is 0 Å². The summed E-state index contributed by atoms with van der Waals surface area (Å²) < 4.78 is 5.79. The lowest BCUT2D eigenvalue weighted by Gasteiger charge is -1.84. The molecule has 0 aliphatic carbocycles. The molecule has 0 amide bonds. The van der Waals surface area contributed by atoms with E-state index < -0.39 is 0 Å². The topological polar surface area (TPSA) is 0 Å². The molecule has 0 saturated heterocycles. The van der Waals surface area contributed by atoms with E-state index in [4.69, 9.17) is 0 Å². The van der Waals surface area contributed by atoms with Gasteiger partial charge in [-0.3, -0.25) is 0 Å². The molecular formula is C18H8S6. The Balaban J connectivity index is 1.41. The van der Waals surface area contributed by atoms with Gasteiger partial charge in [0.15, 0.2) is 0 Å². The Morgan fingerprint density at radius 1 is 0.542 bits per heavy atom. The van der Waals surface area contributed by atoms with E-state index in [1.54, 1.807) is 0 Å². The zero-order chi connectivity index (χ0) is 15.7. The molecule has 24 heavy (non-hydrogen) atoms. The van der Waals surface area contributed by atoms with E-state index in [9.17, 15) is 0 Å². The zero-order valence-corrected chi connectivity index (χ0v) is 17.0. The molecule has 0 unspecified atom stereocenters. The SMILES string of the molecule is C(=C\c1cc2c(s1)sc1sccc12)/c1cc2c(s1)sc1sccc12. The van der Waals surface area contributed by atoms with Crippen molar-refractivity contribution in [2.75, 3.05) is 0 Å². The molecule has 0 saturated carbocycles. The molecule has 6 heteroatoms. The van der Waals surface area contributed by atoms with Crippen LogP contribution in [-0.2, 0) is 0 Å². The van der Waals surface area contributed by atoms with E-state index in [0.717, 1.165) is 0 Å². The third-order valence-corrected chi connectivity index (χ3v) is 11.0. The van der Waals surface area contributed by atoms with E-state index in [1.807, 2.05) is 68.0 Å². The molecule has 6 heterocycles. The minimum absolute atomic E-state index is 1.35. The van der Waals surface area contributed by atoms with Gasteiger partial charge in [-0.1, -0.05) is 0 Å². The second-order valence-corrected chi connectivity index (χ2v) is 12.6. The fourth-order valence-electron chi connectivity index (χ4n) is 2.96. The van der Waals surface area contributed by atoms with Crippen LogP contribution in [0, 0.1) is 0 Å². The lowest BCUT2D eigenvalue weighted by molar-refractivity contribution is 2.02. The summed E-state index contributed by atoms with van der Waals surface area (Å²) in [5.74, 6) is 0. The van der Waals surface area contributed by atoms with Crippen LogP contribution >= 0.6 is 68.0 Å². The standard InChI is InChI=1S/C18H8S6/c1(9-7-13-11-3-5-19-15(11)23-17(13)21-9)2-10-8-14-12-4-6-20-16(12)24-18(14)22-10/h1-8H/b2-1+. The maximum absolute atomic E-state index is 2.34. The molecule has 6 aromatic heterocycles. The van der Waals surface area contributed by atoms with Crippen molar-refractivity contribution in [2.24, 2.45) is 0 Å². The van der Waals surface area contributed by atoms with Gasteiger partial charge in [0.1, 0.15) is 0 Å². The monoisotopic (exact) mass is 416 g/mol. The van der Waals surface area contributed by atoms with E-state index >= 15 is 0 Å². The molecule has 0 atom stereocenters. The molecule has 0 bridgehead atoms. The number of hydrogen-bond acceptors (Lipinski definition) is 6. The van der Waals surface area contributed by atoms with E-state index in [-0.39, 0.29) is 0 Å². The predicted molar refractivity (Wildman–Crippen MR) is 119 cm³/mol. The summed E-state index contributed by atoms with van der Waals surface area (Å²) in [5, 5.41) is 10.1. The van der Waals surface area contributed by atoms with Crippen LogP contribution in [0.2, 0.25) is 0 Å². The second kappa shape index (κ2) is 5.24. The number of fused-ring (bicyclic) bond motifs is 6. The molecule has 0 aliphatic rings. The molecular weight excluding hydrogens is 409 g/mol. The molecule has 0 nitrogen and oxygen atoms in total. The molecule has 6 aromatic rings. The van der Waals surface area contributed by atoms with Gasteiger partial charge in [-0.25, -0.2) is 0 Å². The highest BCUT2D eigenvalue weighted by atomic mass is 32.2. The summed E-state index contributed by atoms with van der Waals surface area (Å²) in [6.45, 7) is 0. The van der Waals surface area contributed by atoms with Crippen LogP contribution in [0.25, 0.3) is 49.8 Å². The van der Waals surface area contributed by atoms with Crippen molar-refractivity contribution in [3.8, 4) is 0 Å². The Morgan fingerprint density at radius 3 is 1.54 bits per heavy atom. The normalized spacial score (nSPS) is 12.8. The average molecular weight is 417 g/mol. The lowest BCUT2D eigenvalue weighted by atomic mass is 10.2. The Hall–Kier alpha value is -1.02. The van der Waals surface area contributed by atoms with Gasteiger partial charge in [0.25, 0.3) is 0 Å². The van der Waals surface area contributed by atoms with Crippen LogP contribution in [0.5, 0.6) is 0 Å². The van der Waals surface area contributed by atoms with Gasteiger partial charge in [-0.15, -0.1) is 68.0 Å². The van der Waals surface area contributed by atoms with Crippen molar-refractivity contribution in [1.82, 2.24) is 0 Å². The summed E-state index contributed by atoms with van der Waals surface area (Å²) in [6.07, 6.45) is 4.55. The van der Waals surface area contributed by atoms with Crippen LogP contribution in [0.3, 0.4) is 0 Å². The van der Waals surface area contributed by atoms with E-state index in [1.165, 1.54) is 47.4 Å². The first kappa shape index (κ1) is 14.2. The van der Waals surface area contributed by atoms with Crippen molar-refractivity contribution in [2.45, 2.75) is 0 Å². The van der Waals surface area contributed by atoms with Crippen LogP contribution < -0.4 is 0 Å². The minimum atomic E-state index is 1.35. The summed E-state index contributed by atoms with van der Waals surface area (Å²) in [6, 6.07) is 9.18. The fraction of sp³-hybridized carbons (Fsp3) is 0. The first-order chi connectivity index (χ1) is 11.8. The molecule has 116 valence electrons. The summed E-state index contributed by atoms with van der Waals surface area (Å²) in [5.41, 5.74) is 0. The first-order valence-corrected chi connectivity index (χ1v) is 12.3. The van der Waals surface area contributed by atoms with Crippen molar-refractivity contribution >= 4 is 118 Å². The van der Waals surface area contributed by atoms with Crippen LogP contribution in [0.15, 0.2) is 35.0 Å². The first-order valence-electron chi connectivity index (χ1n) is 7.32. The highest BCUT2D eigenvalue weighted by Crippen LogP contribution is 2.44. The fourth-order valence-corrected chi connectivity index (χ4v) is 10.3. The second-order valence-electron chi connectivity index (χ2n) is 5.48. The third kappa shape index (κ3) is 2.05. The average Bonchev–Trinajstić information content (AvgIpc) is 3.32. The highest BCUT2D eigenvalue weighted by Gasteiger charge is 2.10. The molecule has 0 aromatic carbocycles. The Kier molecular flexibility index (Phi) is 3.09. The summed E-state index contributed by atoms with van der Waals surface area (Å²) in [4.78, 5) is 2.70. The van der Waals surface area contributed by atoms with Crippen molar-refractivity contribution in [1.29, 1.82) is 0 Å². The largest absolute Gasteiger partial charge is 0.133 e. The molecule has 0 radical (unpaired) electrons. The van der Waals surface area contributed by atoms with Crippen LogP contribution in [0.1, 0.15) is 9.75 Å². The van der Waals surface area contributed by atoms with Crippen molar-refractivity contribution in [3.05, 3.63) is 44.8 Å². The van der Waals surface area contributed by atoms with Gasteiger partial charge in [-0.05, 0) is 47.2 Å². The zero-order valence-electron chi connectivity index (χ0n) is 12.1. The molecule has 0 fully saturated rings. The number of hydrogen-bond donors (Lipinski definition) is 0. The lowest BCUT2D eigenvalue weighted by Crippen LogP contribution is -1.59. The highest BCUT2D eigenvalue weighted by molar-refractivity contribution is 7.49. The van der Waals surface area contributed by atoms with Crippen LogP contribution in [-0.4, -0.2) is 0 Å². The van der Waals surface area contributed by atoms with Gasteiger partial charge in [0.2, 0.25) is 0 Å². The van der Waals surface area contributed by atoms with Gasteiger partial charge in [-0.2, -0.15) is 0 Å².